The van der Waals surface area contributed by atoms with Gasteiger partial charge in [0, 0.05) is 22.2 Å². The number of amides is 6. The largest absolute Gasteiger partial charge is 0.490 e. The molecule has 1 fully saturated rings. The number of hydrogen-bond acceptors (Lipinski definition) is 9. The molecule has 1 aliphatic rings. The third-order valence-electron chi connectivity index (χ3n) is 6.14. The molecule has 2 heterocycles. The molecule has 0 spiro atoms. The Morgan fingerprint density at radius 1 is 0.957 bits per heavy atom. The number of pyridine rings is 1. The Balaban J connectivity index is 0.000000771. The molecule has 5 N–H and O–H groups in total. The summed E-state index contributed by atoms with van der Waals surface area (Å²) in [5, 5.41) is 16.6. The van der Waals surface area contributed by atoms with Gasteiger partial charge in [0.2, 0.25) is 5.54 Å². The van der Waals surface area contributed by atoms with Crippen LogP contribution >= 0.6 is 0 Å². The number of alkyl halides is 3. The number of para-hydroxylation sites is 1. The number of benzene rings is 2. The number of aryl methyl sites for hydroxylation is 1. The zero-order valence-electron chi connectivity index (χ0n) is 25.4. The number of fused-ring (bicyclic) bond motifs is 1. The molecule has 0 saturated carbocycles. The van der Waals surface area contributed by atoms with Crippen LogP contribution in [0.2, 0.25) is 0 Å². The molecule has 0 aliphatic carbocycles. The molecular formula is C30H30F3N5O9. The molecule has 1 saturated heterocycles. The number of nitrogens with one attached hydrogen (secondary N) is 4. The van der Waals surface area contributed by atoms with Gasteiger partial charge in [0.15, 0.2) is 0 Å². The lowest BCUT2D eigenvalue weighted by Crippen LogP contribution is -2.76. The predicted octanol–water partition coefficient (Wildman–Crippen LogP) is 3.11. The van der Waals surface area contributed by atoms with E-state index in [1.54, 1.807) is 32.9 Å². The molecule has 2 aromatic carbocycles. The van der Waals surface area contributed by atoms with Crippen molar-refractivity contribution in [2.24, 2.45) is 0 Å². The van der Waals surface area contributed by atoms with Gasteiger partial charge >= 0.3 is 24.3 Å². The highest BCUT2D eigenvalue weighted by atomic mass is 19.4. The van der Waals surface area contributed by atoms with Gasteiger partial charge in [-0.25, -0.2) is 14.4 Å². The van der Waals surface area contributed by atoms with Gasteiger partial charge in [-0.05, 0) is 64.1 Å². The fourth-order valence-electron chi connectivity index (χ4n) is 4.04. The summed E-state index contributed by atoms with van der Waals surface area (Å²) in [6.45, 7) is 6.34. The van der Waals surface area contributed by atoms with Crippen LogP contribution in [0.3, 0.4) is 0 Å². The van der Waals surface area contributed by atoms with Crippen LogP contribution in [0.4, 0.5) is 22.8 Å². The van der Waals surface area contributed by atoms with Gasteiger partial charge in [-0.2, -0.15) is 13.2 Å². The maximum Gasteiger partial charge on any atom is 0.490 e. The molecule has 0 radical (unpaired) electrons. The number of hydrogen-bond donors (Lipinski definition) is 5. The SMILES string of the molecule is Cc1cc(COc2ccc(C(=O)NCC3(NC(=O)OC(C)(C)C)C(=O)NC(=O)NC3=O)cc2)c2ccccc2n1.O=C(O)C(F)(F)F. The number of urea groups is 1. The number of carboxylic acids is 1. The van der Waals surface area contributed by atoms with Crippen molar-refractivity contribution in [3.8, 4) is 5.75 Å². The number of alkyl carbamates (subject to hydrolysis) is 1. The Morgan fingerprint density at radius 3 is 2.09 bits per heavy atom. The first-order valence-corrected chi connectivity index (χ1v) is 13.7. The molecule has 14 nitrogen and oxygen atoms in total. The average Bonchev–Trinajstić information content (AvgIpc) is 2.96. The minimum Gasteiger partial charge on any atom is -0.489 e. The van der Waals surface area contributed by atoms with E-state index in [9.17, 15) is 37.1 Å². The number of imide groups is 2. The molecule has 3 aromatic rings. The number of rotatable bonds is 7. The first kappa shape index (κ1) is 35.7. The van der Waals surface area contributed by atoms with Crippen molar-refractivity contribution in [2.75, 3.05) is 6.54 Å². The summed E-state index contributed by atoms with van der Waals surface area (Å²) in [6.07, 6.45) is -6.17. The molecule has 47 heavy (non-hydrogen) atoms. The third kappa shape index (κ3) is 9.62. The molecular weight excluding hydrogens is 631 g/mol. The highest BCUT2D eigenvalue weighted by Crippen LogP contribution is 2.21. The molecule has 0 atom stereocenters. The summed E-state index contributed by atoms with van der Waals surface area (Å²) in [7, 11) is 0. The van der Waals surface area contributed by atoms with Crippen LogP contribution in [0.25, 0.3) is 10.9 Å². The summed E-state index contributed by atoms with van der Waals surface area (Å²) in [4.78, 5) is 75.7. The standard InChI is InChI=1S/C28H29N5O7.C2HF3O2/c1-16-13-18(20-7-5-6-8-21(20)30-16)14-39-19-11-9-17(10-12-19)22(34)29-15-28(33-26(38)40-27(2,3)4)23(35)31-25(37)32-24(28)36;3-2(4,5)1(6)7/h5-13H,14-15H2,1-4H3,(H,29,34)(H,33,38)(H2,31,32,35,36,37);(H,6,7). The van der Waals surface area contributed by atoms with Gasteiger partial charge in [-0.15, -0.1) is 0 Å². The Labute approximate surface area is 265 Å². The van der Waals surface area contributed by atoms with Crippen LogP contribution in [0.5, 0.6) is 5.75 Å². The second-order valence-corrected chi connectivity index (χ2v) is 11.0. The van der Waals surface area contributed by atoms with Crippen molar-refractivity contribution in [3.63, 3.8) is 0 Å². The second-order valence-electron chi connectivity index (χ2n) is 11.0. The molecule has 1 aliphatic heterocycles. The zero-order valence-corrected chi connectivity index (χ0v) is 25.4. The predicted molar refractivity (Wildman–Crippen MR) is 157 cm³/mol. The van der Waals surface area contributed by atoms with Gasteiger partial charge in [-0.3, -0.25) is 35.3 Å². The van der Waals surface area contributed by atoms with E-state index < -0.39 is 59.7 Å². The number of halogens is 3. The topological polar surface area (TPSA) is 202 Å². The fraction of sp³-hybridized carbons (Fsp3) is 0.300. The van der Waals surface area contributed by atoms with Gasteiger partial charge in [0.05, 0.1) is 12.1 Å². The summed E-state index contributed by atoms with van der Waals surface area (Å²) in [5.41, 5.74) is -0.336. The van der Waals surface area contributed by atoms with Crippen molar-refractivity contribution in [3.05, 3.63) is 71.4 Å². The van der Waals surface area contributed by atoms with E-state index >= 15 is 0 Å². The lowest BCUT2D eigenvalue weighted by molar-refractivity contribution is -0.192. The van der Waals surface area contributed by atoms with Crippen molar-refractivity contribution in [1.29, 1.82) is 0 Å². The summed E-state index contributed by atoms with van der Waals surface area (Å²) < 4.78 is 42.8. The van der Waals surface area contributed by atoms with Crippen LogP contribution < -0.4 is 26.0 Å². The van der Waals surface area contributed by atoms with Crippen LogP contribution in [-0.4, -0.2) is 69.8 Å². The molecule has 17 heteroatoms. The van der Waals surface area contributed by atoms with Crippen molar-refractivity contribution in [1.82, 2.24) is 26.3 Å². The molecule has 0 bridgehead atoms. The van der Waals surface area contributed by atoms with E-state index in [4.69, 9.17) is 19.4 Å². The van der Waals surface area contributed by atoms with Crippen LogP contribution in [0, 0.1) is 6.92 Å². The van der Waals surface area contributed by atoms with E-state index in [2.05, 4.69) is 15.6 Å². The first-order valence-electron chi connectivity index (χ1n) is 13.7. The highest BCUT2D eigenvalue weighted by Gasteiger charge is 2.52. The molecule has 6 amide bonds. The maximum atomic E-state index is 12.9. The van der Waals surface area contributed by atoms with E-state index in [1.165, 1.54) is 12.1 Å². The maximum absolute atomic E-state index is 12.9. The second kappa shape index (κ2) is 14.1. The third-order valence-corrected chi connectivity index (χ3v) is 6.14. The van der Waals surface area contributed by atoms with Gasteiger partial charge in [0.1, 0.15) is 18.0 Å². The number of ether oxygens (including phenoxy) is 2. The van der Waals surface area contributed by atoms with Crippen LogP contribution in [0.1, 0.15) is 42.4 Å². The molecule has 4 rings (SSSR count). The van der Waals surface area contributed by atoms with E-state index in [0.717, 1.165) is 22.2 Å². The number of carbonyl (C=O) groups is 6. The summed E-state index contributed by atoms with van der Waals surface area (Å²) in [6, 6.07) is 14.9. The Morgan fingerprint density at radius 2 is 1.53 bits per heavy atom. The normalized spacial score (nSPS) is 14.1. The lowest BCUT2D eigenvalue weighted by Gasteiger charge is -2.35. The van der Waals surface area contributed by atoms with Gasteiger partial charge in [-0.1, -0.05) is 18.2 Å². The van der Waals surface area contributed by atoms with E-state index in [0.29, 0.717) is 5.75 Å². The van der Waals surface area contributed by atoms with Gasteiger partial charge in [0.25, 0.3) is 17.7 Å². The monoisotopic (exact) mass is 661 g/mol. The van der Waals surface area contributed by atoms with Gasteiger partial charge < -0.3 is 19.9 Å². The summed E-state index contributed by atoms with van der Waals surface area (Å²) >= 11 is 0. The van der Waals surface area contributed by atoms with E-state index in [-0.39, 0.29) is 12.2 Å². The Kier molecular flexibility index (Phi) is 10.7. The summed E-state index contributed by atoms with van der Waals surface area (Å²) in [5.74, 6) is -5.11. The Hall–Kier alpha value is -5.74. The number of carboxylic acid groups (broad SMARTS) is 1. The number of carbonyl (C=O) groups excluding carboxylic acids is 5. The Bertz CT molecular complexity index is 1680. The first-order chi connectivity index (χ1) is 21.8. The number of nitrogens with zero attached hydrogens (tertiary/aromatic N) is 1. The van der Waals surface area contributed by atoms with Crippen LogP contribution in [-0.2, 0) is 25.7 Å². The molecule has 1 aromatic heterocycles. The number of aromatic nitrogens is 1. The minimum absolute atomic E-state index is 0.206. The average molecular weight is 662 g/mol. The number of barbiturate groups is 1. The zero-order chi connectivity index (χ0) is 35.2. The fourth-order valence-corrected chi connectivity index (χ4v) is 4.04. The number of aliphatic carboxylic acids is 1. The van der Waals surface area contributed by atoms with Crippen molar-refractivity contribution < 1.29 is 56.5 Å². The minimum atomic E-state index is -5.08. The van der Waals surface area contributed by atoms with Crippen molar-refractivity contribution in [2.45, 2.75) is 51.6 Å². The smallest absolute Gasteiger partial charge is 0.489 e. The quantitative estimate of drug-likeness (QED) is 0.234. The highest BCUT2D eigenvalue weighted by molar-refractivity contribution is 6.23. The van der Waals surface area contributed by atoms with Crippen LogP contribution in [0.15, 0.2) is 54.6 Å². The lowest BCUT2D eigenvalue weighted by atomic mass is 9.95. The van der Waals surface area contributed by atoms with E-state index in [1.807, 2.05) is 47.9 Å². The van der Waals surface area contributed by atoms with Crippen molar-refractivity contribution >= 4 is 46.7 Å². The molecule has 0 unspecified atom stereocenters. The molecule has 250 valence electrons.